The number of nitrogen functional groups attached to an aromatic ring is 1. The van der Waals surface area contributed by atoms with E-state index in [0.717, 1.165) is 25.0 Å². The van der Waals surface area contributed by atoms with E-state index in [1.165, 1.54) is 23.9 Å². The van der Waals surface area contributed by atoms with E-state index < -0.39 is 0 Å². The molecule has 5 heteroatoms. The van der Waals surface area contributed by atoms with Crippen molar-refractivity contribution in [1.29, 1.82) is 0 Å². The summed E-state index contributed by atoms with van der Waals surface area (Å²) in [5.41, 5.74) is 9.89. The van der Waals surface area contributed by atoms with Crippen LogP contribution in [0.15, 0.2) is 18.2 Å². The van der Waals surface area contributed by atoms with Gasteiger partial charge in [0.05, 0.1) is 11.0 Å². The van der Waals surface area contributed by atoms with Crippen molar-refractivity contribution in [2.45, 2.75) is 25.3 Å². The minimum Gasteiger partial charge on any atom is -0.369 e. The Morgan fingerprint density at radius 1 is 1.32 bits per heavy atom. The number of nitrogens with one attached hydrogen (secondary N) is 1. The van der Waals surface area contributed by atoms with Crippen molar-refractivity contribution in [3.8, 4) is 0 Å². The number of imidazole rings is 1. The van der Waals surface area contributed by atoms with Crippen LogP contribution in [0.2, 0.25) is 0 Å². The highest BCUT2D eigenvalue weighted by Gasteiger charge is 2.31. The van der Waals surface area contributed by atoms with Crippen LogP contribution in [0, 0.1) is 5.92 Å². The van der Waals surface area contributed by atoms with E-state index in [9.17, 15) is 0 Å². The van der Waals surface area contributed by atoms with Gasteiger partial charge in [-0.2, -0.15) is 0 Å². The predicted molar refractivity (Wildman–Crippen MR) is 79.7 cm³/mol. The first-order chi connectivity index (χ1) is 8.84. The van der Waals surface area contributed by atoms with Gasteiger partial charge in [-0.05, 0) is 49.9 Å². The van der Waals surface area contributed by atoms with Crippen LogP contribution < -0.4 is 11.1 Å². The van der Waals surface area contributed by atoms with Crippen molar-refractivity contribution < 1.29 is 0 Å². The molecule has 4 nitrogen and oxygen atoms in total. The minimum absolute atomic E-state index is 0. The SMILES string of the molecule is Cl.Nc1nc2cccc3c2n1C(C1CCNC1)CC3. The lowest BCUT2D eigenvalue weighted by Crippen LogP contribution is -2.26. The highest BCUT2D eigenvalue weighted by Crippen LogP contribution is 2.38. The third-order valence-electron chi connectivity index (χ3n) is 4.50. The van der Waals surface area contributed by atoms with Gasteiger partial charge in [-0.25, -0.2) is 4.98 Å². The van der Waals surface area contributed by atoms with Gasteiger partial charge in [-0.3, -0.25) is 0 Å². The quantitative estimate of drug-likeness (QED) is 0.840. The van der Waals surface area contributed by atoms with Crippen LogP contribution in [0.5, 0.6) is 0 Å². The number of nitrogens with zero attached hydrogens (tertiary/aromatic N) is 2. The van der Waals surface area contributed by atoms with Gasteiger partial charge in [-0.1, -0.05) is 12.1 Å². The summed E-state index contributed by atoms with van der Waals surface area (Å²) in [5, 5.41) is 3.46. The van der Waals surface area contributed by atoms with Crippen molar-refractivity contribution >= 4 is 29.4 Å². The van der Waals surface area contributed by atoms with Crippen LogP contribution >= 0.6 is 12.4 Å². The van der Waals surface area contributed by atoms with E-state index in [0.29, 0.717) is 17.9 Å². The van der Waals surface area contributed by atoms with Crippen LogP contribution in [-0.4, -0.2) is 22.6 Å². The van der Waals surface area contributed by atoms with E-state index >= 15 is 0 Å². The summed E-state index contributed by atoms with van der Waals surface area (Å²) in [7, 11) is 0. The molecular formula is C14H19ClN4. The smallest absolute Gasteiger partial charge is 0.201 e. The van der Waals surface area contributed by atoms with Crippen molar-refractivity contribution in [3.63, 3.8) is 0 Å². The lowest BCUT2D eigenvalue weighted by Gasteiger charge is -2.30. The molecule has 4 rings (SSSR count). The van der Waals surface area contributed by atoms with Gasteiger partial charge in [0.2, 0.25) is 5.95 Å². The molecule has 2 aromatic rings. The normalized spacial score (nSPS) is 25.5. The maximum Gasteiger partial charge on any atom is 0.201 e. The number of anilines is 1. The molecule has 0 aliphatic carbocycles. The summed E-state index contributed by atoms with van der Waals surface area (Å²) in [5.74, 6) is 1.40. The number of para-hydroxylation sites is 1. The van der Waals surface area contributed by atoms with Gasteiger partial charge >= 0.3 is 0 Å². The summed E-state index contributed by atoms with van der Waals surface area (Å²) >= 11 is 0. The second-order valence-electron chi connectivity index (χ2n) is 5.48. The number of hydrogen-bond acceptors (Lipinski definition) is 3. The summed E-state index contributed by atoms with van der Waals surface area (Å²) in [4.78, 5) is 4.53. The molecule has 1 fully saturated rings. The summed E-state index contributed by atoms with van der Waals surface area (Å²) in [6, 6.07) is 6.90. The number of benzene rings is 1. The molecule has 0 spiro atoms. The molecule has 0 saturated carbocycles. The molecule has 102 valence electrons. The fraction of sp³-hybridized carbons (Fsp3) is 0.500. The summed E-state index contributed by atoms with van der Waals surface area (Å²) < 4.78 is 2.30. The third kappa shape index (κ3) is 1.82. The largest absolute Gasteiger partial charge is 0.369 e. The van der Waals surface area contributed by atoms with Crippen LogP contribution in [0.3, 0.4) is 0 Å². The Bertz CT molecular complexity index is 601. The lowest BCUT2D eigenvalue weighted by molar-refractivity contribution is 0.332. The first kappa shape index (κ1) is 12.8. The Balaban J connectivity index is 0.00000110. The van der Waals surface area contributed by atoms with Crippen molar-refractivity contribution in [3.05, 3.63) is 23.8 Å². The van der Waals surface area contributed by atoms with Gasteiger partial charge in [0.25, 0.3) is 0 Å². The molecule has 3 heterocycles. The first-order valence-corrected chi connectivity index (χ1v) is 6.80. The number of aryl methyl sites for hydroxylation is 1. The lowest BCUT2D eigenvalue weighted by atomic mass is 9.89. The molecule has 0 radical (unpaired) electrons. The van der Waals surface area contributed by atoms with Gasteiger partial charge in [0, 0.05) is 6.04 Å². The standard InChI is InChI=1S/C14H18N4.ClH/c15-14-17-11-3-1-2-9-4-5-12(18(14)13(9)11)10-6-7-16-8-10;/h1-3,10,12,16H,4-8H2,(H2,15,17);1H. The minimum atomic E-state index is 0. The van der Waals surface area contributed by atoms with E-state index in [4.69, 9.17) is 5.73 Å². The van der Waals surface area contributed by atoms with Crippen LogP contribution in [0.1, 0.15) is 24.4 Å². The highest BCUT2D eigenvalue weighted by atomic mass is 35.5. The van der Waals surface area contributed by atoms with Gasteiger partial charge in [-0.15, -0.1) is 12.4 Å². The van der Waals surface area contributed by atoms with Gasteiger partial charge in [0.15, 0.2) is 0 Å². The summed E-state index contributed by atoms with van der Waals surface area (Å²) in [6.45, 7) is 2.26. The molecule has 1 aromatic heterocycles. The number of rotatable bonds is 1. The average molecular weight is 279 g/mol. The van der Waals surface area contributed by atoms with Crippen LogP contribution in [-0.2, 0) is 6.42 Å². The molecule has 0 bridgehead atoms. The zero-order valence-corrected chi connectivity index (χ0v) is 11.6. The Hall–Kier alpha value is -1.26. The molecule has 2 aliphatic rings. The van der Waals surface area contributed by atoms with Crippen molar-refractivity contribution in [2.75, 3.05) is 18.8 Å². The van der Waals surface area contributed by atoms with E-state index in [1.807, 2.05) is 0 Å². The fourth-order valence-electron chi connectivity index (χ4n) is 3.66. The zero-order chi connectivity index (χ0) is 12.1. The monoisotopic (exact) mass is 278 g/mol. The summed E-state index contributed by atoms with van der Waals surface area (Å²) in [6.07, 6.45) is 3.61. The zero-order valence-electron chi connectivity index (χ0n) is 10.8. The number of hydrogen-bond donors (Lipinski definition) is 2. The molecule has 3 N–H and O–H groups in total. The fourth-order valence-corrected chi connectivity index (χ4v) is 3.66. The Kier molecular flexibility index (Phi) is 3.15. The number of nitrogens with two attached hydrogens (primary N) is 1. The van der Waals surface area contributed by atoms with Crippen molar-refractivity contribution in [2.24, 2.45) is 5.92 Å². The van der Waals surface area contributed by atoms with E-state index in [-0.39, 0.29) is 12.4 Å². The van der Waals surface area contributed by atoms with E-state index in [1.54, 1.807) is 0 Å². The average Bonchev–Trinajstić information content (AvgIpc) is 3.00. The number of aromatic nitrogens is 2. The molecule has 2 aliphatic heterocycles. The first-order valence-electron chi connectivity index (χ1n) is 6.80. The molecule has 19 heavy (non-hydrogen) atoms. The maximum absolute atomic E-state index is 6.16. The van der Waals surface area contributed by atoms with Gasteiger partial charge in [0.1, 0.15) is 0 Å². The molecule has 1 aromatic carbocycles. The molecule has 1 saturated heterocycles. The highest BCUT2D eigenvalue weighted by molar-refractivity contribution is 5.85. The molecule has 0 amide bonds. The Morgan fingerprint density at radius 3 is 3.00 bits per heavy atom. The van der Waals surface area contributed by atoms with Gasteiger partial charge < -0.3 is 15.6 Å². The Labute approximate surface area is 118 Å². The van der Waals surface area contributed by atoms with Crippen LogP contribution in [0.25, 0.3) is 11.0 Å². The molecular weight excluding hydrogens is 260 g/mol. The second kappa shape index (κ2) is 4.69. The molecule has 2 atom stereocenters. The van der Waals surface area contributed by atoms with Crippen LogP contribution in [0.4, 0.5) is 5.95 Å². The van der Waals surface area contributed by atoms with Crippen molar-refractivity contribution in [1.82, 2.24) is 14.9 Å². The topological polar surface area (TPSA) is 55.9 Å². The molecule has 2 unspecified atom stereocenters. The Morgan fingerprint density at radius 2 is 2.21 bits per heavy atom. The van der Waals surface area contributed by atoms with E-state index in [2.05, 4.69) is 33.1 Å². The predicted octanol–water partition coefficient (Wildman–Crippen LogP) is 2.14. The number of halogens is 1. The third-order valence-corrected chi connectivity index (χ3v) is 4.50. The maximum atomic E-state index is 6.16. The second-order valence-corrected chi connectivity index (χ2v) is 5.48.